The minimum atomic E-state index is -0.141. The molecule has 22 heavy (non-hydrogen) atoms. The minimum absolute atomic E-state index is 0.141. The molecule has 3 aromatic rings. The molecule has 0 aromatic carbocycles. The van der Waals surface area contributed by atoms with Crippen molar-refractivity contribution in [3.05, 3.63) is 32.8 Å². The monoisotopic (exact) mass is 331 g/mol. The minimum Gasteiger partial charge on any atom is -0.297 e. The second-order valence-corrected chi connectivity index (χ2v) is 7.08. The number of carbonyl (C=O) groups is 1. The molecule has 0 unspecified atom stereocenters. The molecule has 8 heteroatoms. The van der Waals surface area contributed by atoms with E-state index in [1.54, 1.807) is 16.8 Å². The highest BCUT2D eigenvalue weighted by Gasteiger charge is 2.24. The predicted molar refractivity (Wildman–Crippen MR) is 86.5 cm³/mol. The van der Waals surface area contributed by atoms with Crippen LogP contribution in [0, 0.1) is 6.92 Å². The fourth-order valence-electron chi connectivity index (χ4n) is 2.65. The second kappa shape index (κ2) is 4.99. The van der Waals surface area contributed by atoms with Gasteiger partial charge in [0.2, 0.25) is 0 Å². The molecule has 1 N–H and O–H groups in total. The van der Waals surface area contributed by atoms with Crippen LogP contribution in [0.5, 0.6) is 0 Å². The van der Waals surface area contributed by atoms with Gasteiger partial charge >= 0.3 is 0 Å². The number of carbonyl (C=O) groups excluding carboxylic acids is 1. The summed E-state index contributed by atoms with van der Waals surface area (Å²) in [5.74, 6) is -0.141. The van der Waals surface area contributed by atoms with Gasteiger partial charge in [-0.25, -0.2) is 9.97 Å². The van der Waals surface area contributed by atoms with E-state index in [0.29, 0.717) is 10.0 Å². The number of amides is 1. The Labute approximate surface area is 134 Å². The maximum atomic E-state index is 12.3. The zero-order chi connectivity index (χ0) is 15.3. The molecule has 1 aliphatic rings. The molecule has 3 aromatic heterocycles. The third kappa shape index (κ3) is 2.06. The summed E-state index contributed by atoms with van der Waals surface area (Å²) in [6, 6.07) is 0. The summed E-state index contributed by atoms with van der Waals surface area (Å²) in [7, 11) is 1.95. The smallest absolute Gasteiger partial charge is 0.269 e. The number of thiazole rings is 2. The van der Waals surface area contributed by atoms with E-state index in [-0.39, 0.29) is 5.91 Å². The molecule has 0 radical (unpaired) electrons. The number of nitrogens with one attached hydrogen (secondary N) is 1. The first-order chi connectivity index (χ1) is 10.6. The van der Waals surface area contributed by atoms with Gasteiger partial charge in [0.15, 0.2) is 5.13 Å². The van der Waals surface area contributed by atoms with Crippen molar-refractivity contribution in [3.63, 3.8) is 0 Å². The fourth-order valence-corrected chi connectivity index (χ4v) is 4.32. The number of aryl methyl sites for hydroxylation is 3. The first-order valence-electron chi connectivity index (χ1n) is 6.86. The van der Waals surface area contributed by atoms with Gasteiger partial charge in [0.1, 0.15) is 4.88 Å². The highest BCUT2D eigenvalue weighted by atomic mass is 32.1. The fraction of sp³-hybridized carbons (Fsp3) is 0.286. The van der Waals surface area contributed by atoms with Crippen LogP contribution in [0.4, 0.5) is 5.13 Å². The Morgan fingerprint density at radius 2 is 2.27 bits per heavy atom. The zero-order valence-electron chi connectivity index (χ0n) is 12.1. The standard InChI is InChI=1S/C14H13N5OS2/c1-7-12(21-6-15-7)13(20)18-14-17-11-8-5-16-19(2)9(8)3-4-10(11)22-14/h5-6H,3-4H2,1-2H3,(H,17,18,20). The maximum absolute atomic E-state index is 12.3. The summed E-state index contributed by atoms with van der Waals surface area (Å²) in [5.41, 5.74) is 5.66. The van der Waals surface area contributed by atoms with Crippen LogP contribution in [0.15, 0.2) is 11.7 Å². The Morgan fingerprint density at radius 1 is 1.41 bits per heavy atom. The molecule has 0 spiro atoms. The third-order valence-electron chi connectivity index (χ3n) is 3.78. The molecule has 6 nitrogen and oxygen atoms in total. The topological polar surface area (TPSA) is 72.7 Å². The van der Waals surface area contributed by atoms with Gasteiger partial charge in [-0.3, -0.25) is 14.8 Å². The Morgan fingerprint density at radius 3 is 3.05 bits per heavy atom. The van der Waals surface area contributed by atoms with E-state index in [9.17, 15) is 4.79 Å². The summed E-state index contributed by atoms with van der Waals surface area (Å²) in [6.45, 7) is 1.83. The zero-order valence-corrected chi connectivity index (χ0v) is 13.7. The molecular weight excluding hydrogens is 318 g/mol. The molecule has 1 aliphatic carbocycles. The molecule has 0 saturated heterocycles. The highest BCUT2D eigenvalue weighted by molar-refractivity contribution is 7.16. The number of fused-ring (bicyclic) bond motifs is 3. The van der Waals surface area contributed by atoms with Crippen molar-refractivity contribution in [2.75, 3.05) is 5.32 Å². The Hall–Kier alpha value is -2.06. The number of anilines is 1. The van der Waals surface area contributed by atoms with Crippen molar-refractivity contribution >= 4 is 33.7 Å². The molecule has 1 amide bonds. The first kappa shape index (κ1) is 13.6. The molecule has 0 aliphatic heterocycles. The lowest BCUT2D eigenvalue weighted by Crippen LogP contribution is -2.11. The number of nitrogens with zero attached hydrogens (tertiary/aromatic N) is 4. The summed E-state index contributed by atoms with van der Waals surface area (Å²) < 4.78 is 1.90. The van der Waals surface area contributed by atoms with Gasteiger partial charge in [-0.05, 0) is 19.8 Å². The molecule has 0 bridgehead atoms. The Kier molecular flexibility index (Phi) is 3.08. The quantitative estimate of drug-likeness (QED) is 0.783. The van der Waals surface area contributed by atoms with Crippen LogP contribution in [0.25, 0.3) is 11.3 Å². The van der Waals surface area contributed by atoms with E-state index in [1.807, 2.05) is 24.9 Å². The Balaban J connectivity index is 1.65. The largest absolute Gasteiger partial charge is 0.297 e. The van der Waals surface area contributed by atoms with Crippen molar-refractivity contribution < 1.29 is 4.79 Å². The van der Waals surface area contributed by atoms with Crippen molar-refractivity contribution in [1.29, 1.82) is 0 Å². The van der Waals surface area contributed by atoms with Gasteiger partial charge in [-0.15, -0.1) is 22.7 Å². The molecule has 0 saturated carbocycles. The lowest BCUT2D eigenvalue weighted by molar-refractivity contribution is 0.103. The molecule has 4 rings (SSSR count). The van der Waals surface area contributed by atoms with Crippen LogP contribution < -0.4 is 5.32 Å². The van der Waals surface area contributed by atoms with Gasteiger partial charge in [-0.1, -0.05) is 0 Å². The van der Waals surface area contributed by atoms with Crippen LogP contribution in [0.1, 0.15) is 25.9 Å². The predicted octanol–water partition coefficient (Wildman–Crippen LogP) is 2.66. The third-order valence-corrected chi connectivity index (χ3v) is 5.73. The highest BCUT2D eigenvalue weighted by Crippen LogP contribution is 2.38. The summed E-state index contributed by atoms with van der Waals surface area (Å²) >= 11 is 2.89. The van der Waals surface area contributed by atoms with Gasteiger partial charge in [0.25, 0.3) is 5.91 Å². The van der Waals surface area contributed by atoms with Crippen LogP contribution in [0.2, 0.25) is 0 Å². The van der Waals surface area contributed by atoms with Crippen molar-refractivity contribution in [3.8, 4) is 11.3 Å². The van der Waals surface area contributed by atoms with Gasteiger partial charge in [0, 0.05) is 23.2 Å². The van der Waals surface area contributed by atoms with E-state index >= 15 is 0 Å². The van der Waals surface area contributed by atoms with E-state index in [4.69, 9.17) is 0 Å². The lowest BCUT2D eigenvalue weighted by Gasteiger charge is -2.10. The van der Waals surface area contributed by atoms with Crippen molar-refractivity contribution in [2.45, 2.75) is 19.8 Å². The normalized spacial score (nSPS) is 12.8. The number of hydrogen-bond donors (Lipinski definition) is 1. The number of hydrogen-bond acceptors (Lipinski definition) is 6. The van der Waals surface area contributed by atoms with Crippen molar-refractivity contribution in [2.24, 2.45) is 7.05 Å². The lowest BCUT2D eigenvalue weighted by atomic mass is 10.0. The molecule has 112 valence electrons. The van der Waals surface area contributed by atoms with Crippen LogP contribution in [0.3, 0.4) is 0 Å². The van der Waals surface area contributed by atoms with Gasteiger partial charge in [0.05, 0.1) is 23.1 Å². The second-order valence-electron chi connectivity index (χ2n) is 5.14. The van der Waals surface area contributed by atoms with E-state index in [1.165, 1.54) is 21.9 Å². The average molecular weight is 331 g/mol. The molecule has 3 heterocycles. The van der Waals surface area contributed by atoms with Crippen molar-refractivity contribution in [1.82, 2.24) is 19.7 Å². The molecule has 0 atom stereocenters. The van der Waals surface area contributed by atoms with Crippen LogP contribution in [-0.2, 0) is 19.9 Å². The van der Waals surface area contributed by atoms with E-state index < -0.39 is 0 Å². The first-order valence-corrected chi connectivity index (χ1v) is 8.55. The summed E-state index contributed by atoms with van der Waals surface area (Å²) in [5, 5.41) is 7.84. The Bertz CT molecular complexity index is 876. The van der Waals surface area contributed by atoms with Crippen LogP contribution in [-0.4, -0.2) is 25.7 Å². The van der Waals surface area contributed by atoms with E-state index in [2.05, 4.69) is 20.4 Å². The van der Waals surface area contributed by atoms with Gasteiger partial charge in [-0.2, -0.15) is 5.10 Å². The summed E-state index contributed by atoms with van der Waals surface area (Å²) in [4.78, 5) is 22.8. The van der Waals surface area contributed by atoms with Gasteiger partial charge < -0.3 is 0 Å². The SMILES string of the molecule is Cc1ncsc1C(=O)Nc1nc2c(s1)CCc1c-2cnn1C. The van der Waals surface area contributed by atoms with E-state index in [0.717, 1.165) is 29.8 Å². The summed E-state index contributed by atoms with van der Waals surface area (Å²) in [6.07, 6.45) is 3.75. The molecular formula is C14H13N5OS2. The maximum Gasteiger partial charge on any atom is 0.269 e. The average Bonchev–Trinajstić information content (AvgIpc) is 3.17. The van der Waals surface area contributed by atoms with Crippen LogP contribution >= 0.6 is 22.7 Å². The number of rotatable bonds is 2. The number of aromatic nitrogens is 4. The molecule has 0 fully saturated rings.